The molecule has 1 saturated carbocycles. The smallest absolute Gasteiger partial charge is 0.310 e. The van der Waals surface area contributed by atoms with Crippen LogP contribution in [0.5, 0.6) is 11.5 Å². The van der Waals surface area contributed by atoms with Crippen LogP contribution in [0.15, 0.2) is 54.7 Å². The van der Waals surface area contributed by atoms with Gasteiger partial charge in [-0.1, -0.05) is 39.3 Å². The van der Waals surface area contributed by atoms with Crippen molar-refractivity contribution in [2.24, 2.45) is 10.8 Å². The molecule has 3 N–H and O–H groups in total. The number of anilines is 1. The van der Waals surface area contributed by atoms with Crippen LogP contribution in [0.25, 0.3) is 0 Å². The first-order valence-corrected chi connectivity index (χ1v) is 21.1. The largest absolute Gasteiger partial charge is 0.494 e. The van der Waals surface area contributed by atoms with Crippen LogP contribution in [-0.4, -0.2) is 104 Å². The number of hydrogen-bond donors (Lipinski definition) is 3. The molecular weight excluding hydrogens is 802 g/mol. The number of rotatable bonds is 16. The number of piperazine rings is 1. The summed E-state index contributed by atoms with van der Waals surface area (Å²) in [5, 5.41) is 17.7. The van der Waals surface area contributed by atoms with Gasteiger partial charge < -0.3 is 29.7 Å². The fraction of sp³-hybridized carbons (Fsp3) is 0.489. The minimum Gasteiger partial charge on any atom is -0.494 e. The third-order valence-corrected chi connectivity index (χ3v) is 12.3. The van der Waals surface area contributed by atoms with Gasteiger partial charge in [0, 0.05) is 67.3 Å². The van der Waals surface area contributed by atoms with Crippen molar-refractivity contribution in [1.29, 1.82) is 5.26 Å². The molecule has 2 saturated heterocycles. The van der Waals surface area contributed by atoms with Gasteiger partial charge in [-0.2, -0.15) is 5.26 Å². The Morgan fingerprint density at radius 1 is 0.934 bits per heavy atom. The third kappa shape index (κ3) is 10.6. The highest BCUT2D eigenvalue weighted by Crippen LogP contribution is 2.55. The Kier molecular flexibility index (Phi) is 14.2. The number of aromatic nitrogens is 1. The average molecular weight is 856 g/mol. The van der Waals surface area contributed by atoms with Crippen molar-refractivity contribution >= 4 is 47.0 Å². The van der Waals surface area contributed by atoms with Gasteiger partial charge in [-0.25, -0.2) is 4.98 Å². The Morgan fingerprint density at radius 2 is 1.67 bits per heavy atom. The number of nitriles is 1. The van der Waals surface area contributed by atoms with E-state index in [1.807, 2.05) is 12.1 Å². The summed E-state index contributed by atoms with van der Waals surface area (Å²) in [6.07, 6.45) is 4.42. The van der Waals surface area contributed by atoms with Gasteiger partial charge in [-0.05, 0) is 80.3 Å². The lowest BCUT2D eigenvalue weighted by Gasteiger charge is -2.63. The summed E-state index contributed by atoms with van der Waals surface area (Å²) in [5.41, 5.74) is 0.771. The van der Waals surface area contributed by atoms with Crippen LogP contribution in [0.1, 0.15) is 91.6 Å². The molecule has 6 rings (SSSR count). The van der Waals surface area contributed by atoms with E-state index in [-0.39, 0.29) is 59.6 Å². The number of amides is 4. The maximum Gasteiger partial charge on any atom is 0.310 e. The molecule has 16 heteroatoms. The van der Waals surface area contributed by atoms with E-state index < -0.39 is 23.8 Å². The number of halogens is 1. The predicted molar refractivity (Wildman–Crippen MR) is 227 cm³/mol. The topological polar surface area (TPSA) is 192 Å². The Morgan fingerprint density at radius 3 is 2.33 bits per heavy atom. The molecule has 324 valence electrons. The Bertz CT molecular complexity index is 2150. The molecular formula is C45H54ClN7O8. The molecule has 0 radical (unpaired) electrons. The lowest BCUT2D eigenvalue weighted by atomic mass is 9.49. The second-order valence-electron chi connectivity index (χ2n) is 17.0. The highest BCUT2D eigenvalue weighted by Gasteiger charge is 2.64. The molecule has 0 spiro atoms. The van der Waals surface area contributed by atoms with E-state index in [2.05, 4.69) is 64.5 Å². The quantitative estimate of drug-likeness (QED) is 0.101. The first-order valence-electron chi connectivity index (χ1n) is 20.7. The van der Waals surface area contributed by atoms with Crippen molar-refractivity contribution in [1.82, 2.24) is 25.8 Å². The van der Waals surface area contributed by atoms with Crippen molar-refractivity contribution in [2.75, 3.05) is 51.3 Å². The van der Waals surface area contributed by atoms with E-state index in [4.69, 9.17) is 25.8 Å². The molecule has 61 heavy (non-hydrogen) atoms. The third-order valence-electron chi connectivity index (χ3n) is 12.0. The highest BCUT2D eigenvalue weighted by molar-refractivity contribution is 6.31. The van der Waals surface area contributed by atoms with Gasteiger partial charge in [0.2, 0.25) is 11.8 Å². The number of carbonyl (C=O) groups is 5. The summed E-state index contributed by atoms with van der Waals surface area (Å²) in [6.45, 7) is 13.2. The number of esters is 1. The van der Waals surface area contributed by atoms with Crippen LogP contribution < -0.4 is 30.3 Å². The lowest BCUT2D eigenvalue weighted by Crippen LogP contribution is -2.74. The molecule has 1 atom stereocenters. The van der Waals surface area contributed by atoms with Crippen LogP contribution in [0.3, 0.4) is 0 Å². The monoisotopic (exact) mass is 855 g/mol. The maximum absolute atomic E-state index is 13.4. The lowest BCUT2D eigenvalue weighted by molar-refractivity contribution is -0.164. The van der Waals surface area contributed by atoms with Gasteiger partial charge >= 0.3 is 5.97 Å². The number of ether oxygens (including phenoxy) is 3. The van der Waals surface area contributed by atoms with E-state index in [1.54, 1.807) is 42.6 Å². The van der Waals surface area contributed by atoms with Gasteiger partial charge in [0.1, 0.15) is 35.5 Å². The predicted octanol–water partition coefficient (Wildman–Crippen LogP) is 4.84. The molecule has 3 aromatic rings. The molecule has 1 aromatic heterocycles. The number of imide groups is 1. The minimum absolute atomic E-state index is 0.131. The Balaban J connectivity index is 0.902. The number of hydrogen-bond acceptors (Lipinski definition) is 12. The van der Waals surface area contributed by atoms with Crippen LogP contribution in [-0.2, 0) is 25.5 Å². The molecule has 2 aliphatic heterocycles. The van der Waals surface area contributed by atoms with Crippen molar-refractivity contribution in [3.8, 4) is 17.6 Å². The van der Waals surface area contributed by atoms with Gasteiger partial charge in [0.15, 0.2) is 0 Å². The number of carbonyl (C=O) groups excluding carboxylic acids is 5. The van der Waals surface area contributed by atoms with Gasteiger partial charge in [-0.15, -0.1) is 0 Å². The number of unbranched alkanes of at least 4 members (excludes halogenated alkanes) is 2. The number of nitrogens with zero attached hydrogens (tertiary/aromatic N) is 4. The summed E-state index contributed by atoms with van der Waals surface area (Å²) >= 11 is 6.24. The van der Waals surface area contributed by atoms with Crippen LogP contribution in [0.4, 0.5) is 5.82 Å². The first kappa shape index (κ1) is 44.8. The fourth-order valence-electron chi connectivity index (χ4n) is 8.85. The molecule has 1 aliphatic carbocycles. The molecule has 2 aromatic carbocycles. The summed E-state index contributed by atoms with van der Waals surface area (Å²) in [5.74, 6) is -0.218. The minimum atomic E-state index is -0.840. The molecule has 0 bridgehead atoms. The number of nitrogens with one attached hydrogen (secondary N) is 3. The van der Waals surface area contributed by atoms with Gasteiger partial charge in [0.25, 0.3) is 11.8 Å². The van der Waals surface area contributed by atoms with Crippen molar-refractivity contribution in [3.05, 3.63) is 82.0 Å². The zero-order valence-corrected chi connectivity index (χ0v) is 36.1. The summed E-state index contributed by atoms with van der Waals surface area (Å²) in [4.78, 5) is 71.6. The van der Waals surface area contributed by atoms with E-state index >= 15 is 0 Å². The summed E-state index contributed by atoms with van der Waals surface area (Å²) in [6, 6.07) is 14.7. The number of pyridine rings is 1. The zero-order valence-electron chi connectivity index (χ0n) is 35.3. The van der Waals surface area contributed by atoms with E-state index in [9.17, 15) is 29.2 Å². The second-order valence-corrected chi connectivity index (χ2v) is 17.4. The first-order chi connectivity index (χ1) is 29.1. The standard InChI is InChI=1S/C45H54ClN7O8/c1-44(2)42(45(3,4)43(44)61-32-11-9-28(26-47)34(46)25-32)51-39(56)29-10-15-36(48-27-29)53-20-18-52(19-21-53)17-7-6-8-22-60-31-12-13-33(30(23-31)24-38(55)59-5)40(57)49-35-14-16-37(54)50-41(35)58/h9-13,15,23,25,27,35,42-43H,6-8,14,16-22,24H2,1-5H3,(H,49,57)(H,51,56)(H,50,54,58). The van der Waals surface area contributed by atoms with E-state index in [0.717, 1.165) is 57.8 Å². The highest BCUT2D eigenvalue weighted by atomic mass is 35.5. The molecule has 1 unspecified atom stereocenters. The zero-order chi connectivity index (χ0) is 43.9. The number of piperidine rings is 1. The molecule has 4 amide bonds. The van der Waals surface area contributed by atoms with Crippen LogP contribution in [0.2, 0.25) is 5.02 Å². The molecule has 3 heterocycles. The number of benzene rings is 2. The summed E-state index contributed by atoms with van der Waals surface area (Å²) < 4.78 is 17.2. The SMILES string of the molecule is COC(=O)Cc1cc(OCCCCCN2CCN(c3ccc(C(=O)NC4C(C)(C)C(Oc5ccc(C#N)c(Cl)c5)C4(C)C)cn3)CC2)ccc1C(=O)NC1CCC(=O)NC1=O. The maximum atomic E-state index is 13.4. The summed E-state index contributed by atoms with van der Waals surface area (Å²) in [7, 11) is 1.27. The Labute approximate surface area is 361 Å². The van der Waals surface area contributed by atoms with Crippen LogP contribution in [0, 0.1) is 22.2 Å². The van der Waals surface area contributed by atoms with Crippen LogP contribution >= 0.6 is 11.6 Å². The second kappa shape index (κ2) is 19.3. The average Bonchev–Trinajstić information content (AvgIpc) is 3.24. The molecule has 15 nitrogen and oxygen atoms in total. The van der Waals surface area contributed by atoms with E-state index in [1.165, 1.54) is 7.11 Å². The van der Waals surface area contributed by atoms with Gasteiger partial charge in [-0.3, -0.25) is 34.2 Å². The molecule has 3 fully saturated rings. The normalized spacial score (nSPS) is 20.7. The van der Waals surface area contributed by atoms with Crippen molar-refractivity contribution in [2.45, 2.75) is 84.4 Å². The fourth-order valence-corrected chi connectivity index (χ4v) is 9.06. The van der Waals surface area contributed by atoms with Crippen molar-refractivity contribution in [3.63, 3.8) is 0 Å². The van der Waals surface area contributed by atoms with Crippen molar-refractivity contribution < 1.29 is 38.2 Å². The number of methoxy groups -OCH3 is 1. The van der Waals surface area contributed by atoms with E-state index in [0.29, 0.717) is 39.8 Å². The Hall–Kier alpha value is -5.72. The molecule has 3 aliphatic rings. The van der Waals surface area contributed by atoms with Gasteiger partial charge in [0.05, 0.1) is 36.3 Å².